The smallest absolute Gasteiger partial charge is 0.282 e. The molecule has 1 saturated carbocycles. The number of fused-ring (bicyclic) bond motifs is 1. The molecule has 0 amide bonds. The lowest BCUT2D eigenvalue weighted by molar-refractivity contribution is 0.156. The molecule has 5 rings (SSSR count). The Hall–Kier alpha value is -2.45. The standard InChI is InChI=1S/C23H32N6O5S2/c1-26(2)35(30,31)21-8-7-18(34-21)16-27(3)36(32,33)29-15-14-28(17-23(29)10-11-23)20-6-4-5-12-24-22-19(20)9-13-25-22/h5,7-9,12-13H,4,6,10-11,14-17H2,1-3H3,(H,24,25). The maximum Gasteiger partial charge on any atom is 0.282 e. The number of hydrogen-bond acceptors (Lipinski definition) is 7. The van der Waals surface area contributed by atoms with E-state index >= 15 is 0 Å². The molecule has 2 aromatic heterocycles. The maximum absolute atomic E-state index is 13.6. The van der Waals surface area contributed by atoms with Gasteiger partial charge in [-0.2, -0.15) is 17.0 Å². The molecule has 1 aliphatic carbocycles. The van der Waals surface area contributed by atoms with E-state index in [9.17, 15) is 16.8 Å². The lowest BCUT2D eigenvalue weighted by Gasteiger charge is -2.44. The largest absolute Gasteiger partial charge is 0.447 e. The summed E-state index contributed by atoms with van der Waals surface area (Å²) >= 11 is 0. The summed E-state index contributed by atoms with van der Waals surface area (Å²) in [5.41, 5.74) is 1.59. The molecule has 1 N–H and O–H groups in total. The maximum atomic E-state index is 13.6. The molecule has 11 nitrogen and oxygen atoms in total. The first-order valence-corrected chi connectivity index (χ1v) is 14.8. The van der Waals surface area contributed by atoms with Crippen molar-refractivity contribution in [1.82, 2.24) is 22.8 Å². The predicted molar refractivity (Wildman–Crippen MR) is 134 cm³/mol. The summed E-state index contributed by atoms with van der Waals surface area (Å²) in [4.78, 5) is 10.0. The number of allylic oxidation sites excluding steroid dienone is 1. The van der Waals surface area contributed by atoms with Crippen molar-refractivity contribution in [3.8, 4) is 0 Å². The van der Waals surface area contributed by atoms with Crippen LogP contribution in [0.15, 0.2) is 51.2 Å². The molecule has 1 saturated heterocycles. The molecule has 0 unspecified atom stereocenters. The van der Waals surface area contributed by atoms with Gasteiger partial charge in [0.1, 0.15) is 11.2 Å². The highest BCUT2D eigenvalue weighted by molar-refractivity contribution is 7.89. The molecule has 196 valence electrons. The first kappa shape index (κ1) is 25.2. The van der Waals surface area contributed by atoms with E-state index in [0.29, 0.717) is 19.6 Å². The summed E-state index contributed by atoms with van der Waals surface area (Å²) in [5, 5.41) is 0.868. The molecule has 2 aromatic rings. The van der Waals surface area contributed by atoms with Gasteiger partial charge in [0.25, 0.3) is 20.2 Å². The van der Waals surface area contributed by atoms with Crippen LogP contribution in [0.25, 0.3) is 5.70 Å². The van der Waals surface area contributed by atoms with Gasteiger partial charge in [-0.25, -0.2) is 17.7 Å². The van der Waals surface area contributed by atoms with Gasteiger partial charge >= 0.3 is 0 Å². The minimum atomic E-state index is -3.79. The van der Waals surface area contributed by atoms with E-state index in [4.69, 9.17) is 4.42 Å². The average Bonchev–Trinajstić information content (AvgIpc) is 3.19. The number of nitrogens with zero attached hydrogens (tertiary/aromatic N) is 5. The molecule has 36 heavy (non-hydrogen) atoms. The highest BCUT2D eigenvalue weighted by atomic mass is 32.2. The molecule has 13 heteroatoms. The monoisotopic (exact) mass is 536 g/mol. The molecule has 0 aromatic carbocycles. The van der Waals surface area contributed by atoms with Crippen LogP contribution in [0.2, 0.25) is 0 Å². The van der Waals surface area contributed by atoms with Crippen molar-refractivity contribution in [2.45, 2.75) is 42.9 Å². The van der Waals surface area contributed by atoms with Crippen LogP contribution < -0.4 is 10.7 Å². The zero-order valence-corrected chi connectivity index (χ0v) is 22.3. The SMILES string of the molecule is CN(C)S(=O)(=O)c1ccc(CN(C)S(=O)(=O)N2CCN(C3=c4cc[nH]c4=NC=CCC3)CC23CC3)o1. The van der Waals surface area contributed by atoms with Crippen LogP contribution in [-0.2, 0) is 26.8 Å². The highest BCUT2D eigenvalue weighted by Crippen LogP contribution is 2.47. The molecular formula is C23H32N6O5S2. The zero-order valence-electron chi connectivity index (χ0n) is 20.7. The van der Waals surface area contributed by atoms with Crippen LogP contribution in [0.3, 0.4) is 0 Å². The molecule has 0 radical (unpaired) electrons. The molecule has 2 aliphatic heterocycles. The van der Waals surface area contributed by atoms with Crippen molar-refractivity contribution in [1.29, 1.82) is 0 Å². The predicted octanol–water partition coefficient (Wildman–Crippen LogP) is 0.420. The van der Waals surface area contributed by atoms with Crippen LogP contribution in [0.1, 0.15) is 31.4 Å². The lowest BCUT2D eigenvalue weighted by Crippen LogP contribution is -2.59. The third kappa shape index (κ3) is 4.43. The van der Waals surface area contributed by atoms with Crippen LogP contribution in [0, 0.1) is 0 Å². The van der Waals surface area contributed by atoms with Gasteiger partial charge in [0.05, 0.1) is 12.1 Å². The van der Waals surface area contributed by atoms with Crippen molar-refractivity contribution in [3.05, 3.63) is 53.1 Å². The number of rotatable bonds is 7. The van der Waals surface area contributed by atoms with E-state index in [1.54, 1.807) is 4.31 Å². The second-order valence-electron chi connectivity index (χ2n) is 9.73. The fraction of sp³-hybridized carbons (Fsp3) is 0.522. The van der Waals surface area contributed by atoms with E-state index in [-0.39, 0.29) is 17.4 Å². The number of nitrogens with one attached hydrogen (secondary N) is 1. The Balaban J connectivity index is 1.35. The number of aromatic nitrogens is 1. The van der Waals surface area contributed by atoms with Crippen molar-refractivity contribution in [2.75, 3.05) is 40.8 Å². The van der Waals surface area contributed by atoms with Gasteiger partial charge in [0.15, 0.2) is 0 Å². The number of furan rings is 1. The molecule has 1 spiro atoms. The van der Waals surface area contributed by atoms with Gasteiger partial charge in [0, 0.05) is 64.1 Å². The Morgan fingerprint density at radius 1 is 1.11 bits per heavy atom. The number of aromatic amines is 1. The fourth-order valence-corrected chi connectivity index (χ4v) is 7.40. The van der Waals surface area contributed by atoms with Crippen molar-refractivity contribution in [3.63, 3.8) is 0 Å². The molecule has 3 aliphatic rings. The quantitative estimate of drug-likeness (QED) is 0.547. The van der Waals surface area contributed by atoms with Crippen molar-refractivity contribution in [2.24, 2.45) is 4.99 Å². The summed E-state index contributed by atoms with van der Waals surface area (Å²) in [6, 6.07) is 4.90. The molecular weight excluding hydrogens is 504 g/mol. The Morgan fingerprint density at radius 2 is 1.89 bits per heavy atom. The van der Waals surface area contributed by atoms with Crippen molar-refractivity contribution < 1.29 is 21.3 Å². The number of piperazine rings is 1. The molecule has 2 fully saturated rings. The van der Waals surface area contributed by atoms with E-state index in [2.05, 4.69) is 21.0 Å². The lowest BCUT2D eigenvalue weighted by atomic mass is 10.1. The summed E-state index contributed by atoms with van der Waals surface area (Å²) < 4.78 is 61.3. The van der Waals surface area contributed by atoms with Crippen LogP contribution in [-0.4, -0.2) is 86.0 Å². The van der Waals surface area contributed by atoms with E-state index < -0.39 is 25.8 Å². The van der Waals surface area contributed by atoms with Crippen LogP contribution in [0.4, 0.5) is 0 Å². The van der Waals surface area contributed by atoms with E-state index in [0.717, 1.165) is 40.7 Å². The third-order valence-corrected chi connectivity index (χ3v) is 10.8. The Kier molecular flexibility index (Phi) is 6.40. The van der Waals surface area contributed by atoms with Crippen LogP contribution in [0.5, 0.6) is 0 Å². The van der Waals surface area contributed by atoms with Crippen molar-refractivity contribution >= 4 is 25.9 Å². The summed E-state index contributed by atoms with van der Waals surface area (Å²) in [7, 11) is -3.18. The highest BCUT2D eigenvalue weighted by Gasteiger charge is 2.56. The summed E-state index contributed by atoms with van der Waals surface area (Å²) in [6.45, 7) is 1.54. The topological polar surface area (TPSA) is 123 Å². The van der Waals surface area contributed by atoms with Gasteiger partial charge in [-0.15, -0.1) is 0 Å². The normalized spacial score (nSPS) is 20.5. The van der Waals surface area contributed by atoms with E-state index in [1.807, 2.05) is 18.5 Å². The fourth-order valence-electron chi connectivity index (χ4n) is 4.92. The number of hydrogen-bond donors (Lipinski definition) is 1. The molecule has 0 bridgehead atoms. The number of H-pyrrole nitrogens is 1. The minimum absolute atomic E-state index is 0.0561. The molecule has 4 heterocycles. The minimum Gasteiger partial charge on any atom is -0.447 e. The Bertz CT molecular complexity index is 1500. The van der Waals surface area contributed by atoms with Gasteiger partial charge in [-0.1, -0.05) is 6.08 Å². The van der Waals surface area contributed by atoms with Gasteiger partial charge in [-0.3, -0.25) is 0 Å². The summed E-state index contributed by atoms with van der Waals surface area (Å²) in [5.74, 6) is 0.270. The number of sulfonamides is 1. The van der Waals surface area contributed by atoms with Crippen LogP contribution >= 0.6 is 0 Å². The molecule has 0 atom stereocenters. The average molecular weight is 537 g/mol. The Labute approximate surface area is 211 Å². The van der Waals surface area contributed by atoms with Gasteiger partial charge in [0.2, 0.25) is 5.09 Å². The first-order valence-electron chi connectivity index (χ1n) is 11.9. The van der Waals surface area contributed by atoms with Gasteiger partial charge in [-0.05, 0) is 43.9 Å². The zero-order chi connectivity index (χ0) is 25.7. The second kappa shape index (κ2) is 9.14. The Morgan fingerprint density at radius 3 is 2.61 bits per heavy atom. The summed E-state index contributed by atoms with van der Waals surface area (Å²) in [6.07, 6.45) is 9.13. The van der Waals surface area contributed by atoms with Gasteiger partial charge < -0.3 is 14.3 Å². The second-order valence-corrected chi connectivity index (χ2v) is 13.8. The first-order chi connectivity index (χ1) is 17.0. The third-order valence-electron chi connectivity index (χ3n) is 7.11. The van der Waals surface area contributed by atoms with E-state index in [1.165, 1.54) is 43.3 Å².